The first kappa shape index (κ1) is 31.4. The molecule has 2 aliphatic heterocycles. The number of fused-ring (bicyclic) bond motifs is 4. The summed E-state index contributed by atoms with van der Waals surface area (Å²) in [7, 11) is 4.61. The summed E-state index contributed by atoms with van der Waals surface area (Å²) < 4.78 is 27.9. The molecule has 0 aliphatic carbocycles. The van der Waals surface area contributed by atoms with Crippen LogP contribution in [-0.2, 0) is 14.3 Å². The number of para-hydroxylation sites is 4. The molecule has 8 heteroatoms. The van der Waals surface area contributed by atoms with Gasteiger partial charge in [0.05, 0.1) is 32.2 Å². The zero-order valence-corrected chi connectivity index (χ0v) is 26.5. The minimum Gasteiger partial charge on any atom is -0.493 e. The lowest BCUT2D eigenvalue weighted by molar-refractivity contribution is -0.151. The first-order valence-electron chi connectivity index (χ1n) is 14.7. The van der Waals surface area contributed by atoms with E-state index in [4.69, 9.17) is 23.7 Å². The molecule has 8 nitrogen and oxygen atoms in total. The van der Waals surface area contributed by atoms with Gasteiger partial charge in [0, 0.05) is 34.1 Å². The van der Waals surface area contributed by atoms with Gasteiger partial charge in [-0.15, -0.1) is 0 Å². The van der Waals surface area contributed by atoms with Crippen LogP contribution in [0.2, 0.25) is 0 Å². The summed E-state index contributed by atoms with van der Waals surface area (Å²) in [6.45, 7) is 7.28. The highest BCUT2D eigenvalue weighted by atomic mass is 16.5. The van der Waals surface area contributed by atoms with Gasteiger partial charge in [-0.25, -0.2) is 0 Å². The fourth-order valence-electron chi connectivity index (χ4n) is 6.30. The van der Waals surface area contributed by atoms with Crippen molar-refractivity contribution in [3.8, 4) is 34.5 Å². The zero-order chi connectivity index (χ0) is 32.5. The lowest BCUT2D eigenvalue weighted by atomic mass is 9.70. The molecule has 0 spiro atoms. The van der Waals surface area contributed by atoms with E-state index in [1.165, 1.54) is 7.11 Å². The average molecular weight is 611 g/mol. The van der Waals surface area contributed by atoms with E-state index in [1.807, 2.05) is 98.8 Å². The second-order valence-corrected chi connectivity index (χ2v) is 12.1. The Morgan fingerprint density at radius 3 is 1.40 bits per heavy atom. The number of esters is 1. The second kappa shape index (κ2) is 12.2. The van der Waals surface area contributed by atoms with Gasteiger partial charge >= 0.3 is 11.9 Å². The molecule has 4 aromatic rings. The van der Waals surface area contributed by atoms with Crippen molar-refractivity contribution in [3.63, 3.8) is 0 Å². The topological polar surface area (TPSA) is 101 Å². The van der Waals surface area contributed by atoms with Crippen LogP contribution in [0, 0.1) is 10.8 Å². The molecule has 0 bridgehead atoms. The lowest BCUT2D eigenvalue weighted by Gasteiger charge is -2.37. The van der Waals surface area contributed by atoms with Gasteiger partial charge in [0.1, 0.15) is 11.5 Å². The van der Waals surface area contributed by atoms with Gasteiger partial charge in [-0.05, 0) is 52.0 Å². The predicted molar refractivity (Wildman–Crippen MR) is 170 cm³/mol. The molecular weight excluding hydrogens is 572 g/mol. The number of rotatable bonds is 6. The Kier molecular flexibility index (Phi) is 8.52. The molecular formula is C37H38O8. The summed E-state index contributed by atoms with van der Waals surface area (Å²) in [5.74, 6) is 2.37. The summed E-state index contributed by atoms with van der Waals surface area (Å²) >= 11 is 0. The highest BCUT2D eigenvalue weighted by Gasteiger charge is 2.46. The molecule has 45 heavy (non-hydrogen) atoms. The number of hydrogen-bond acceptors (Lipinski definition) is 7. The maximum Gasteiger partial charge on any atom is 0.312 e. The van der Waals surface area contributed by atoms with Crippen LogP contribution in [-0.4, -0.2) is 38.4 Å². The van der Waals surface area contributed by atoms with E-state index in [-0.39, 0.29) is 17.8 Å². The van der Waals surface area contributed by atoms with Crippen molar-refractivity contribution >= 4 is 11.9 Å². The molecule has 0 aromatic heterocycles. The van der Waals surface area contributed by atoms with Crippen LogP contribution in [0.4, 0.5) is 0 Å². The van der Waals surface area contributed by atoms with Crippen LogP contribution >= 0.6 is 0 Å². The Labute approximate surface area is 263 Å². The van der Waals surface area contributed by atoms with E-state index < -0.39 is 16.8 Å². The van der Waals surface area contributed by atoms with Crippen molar-refractivity contribution < 1.29 is 38.4 Å². The van der Waals surface area contributed by atoms with E-state index in [0.29, 0.717) is 28.7 Å². The summed E-state index contributed by atoms with van der Waals surface area (Å²) in [5.41, 5.74) is 1.92. The SMILES string of the molecule is COC(=O)C(C)(C)C1c2ccccc2Oc2c(OC)cccc21.COc1cccc2c1Oc1ccccc1C2C(C)(C)C(=O)O. The van der Waals surface area contributed by atoms with Crippen LogP contribution < -0.4 is 18.9 Å². The molecule has 2 unspecified atom stereocenters. The number of carboxylic acids is 1. The monoisotopic (exact) mass is 610 g/mol. The summed E-state index contributed by atoms with van der Waals surface area (Å²) in [6.07, 6.45) is 0. The molecule has 6 rings (SSSR count). The Morgan fingerprint density at radius 2 is 1.00 bits per heavy atom. The van der Waals surface area contributed by atoms with Crippen molar-refractivity contribution in [2.24, 2.45) is 10.8 Å². The maximum absolute atomic E-state index is 12.4. The third-order valence-corrected chi connectivity index (χ3v) is 8.67. The Morgan fingerprint density at radius 1 is 0.600 bits per heavy atom. The molecule has 2 atom stereocenters. The van der Waals surface area contributed by atoms with Crippen LogP contribution in [0.25, 0.3) is 0 Å². The van der Waals surface area contributed by atoms with Crippen molar-refractivity contribution in [1.29, 1.82) is 0 Å². The molecule has 0 saturated heterocycles. The van der Waals surface area contributed by atoms with E-state index in [0.717, 1.165) is 28.0 Å². The fraction of sp³-hybridized carbons (Fsp3) is 0.297. The Balaban J connectivity index is 0.000000178. The van der Waals surface area contributed by atoms with Gasteiger partial charge in [0.25, 0.3) is 0 Å². The van der Waals surface area contributed by atoms with Gasteiger partial charge in [0.2, 0.25) is 0 Å². The first-order chi connectivity index (χ1) is 21.5. The molecule has 0 radical (unpaired) electrons. The number of hydrogen-bond donors (Lipinski definition) is 1. The molecule has 0 fully saturated rings. The quantitative estimate of drug-likeness (QED) is 0.218. The smallest absolute Gasteiger partial charge is 0.312 e. The number of carboxylic acid groups (broad SMARTS) is 1. The summed E-state index contributed by atoms with van der Waals surface area (Å²) in [5, 5.41) is 9.70. The molecule has 4 aromatic carbocycles. The minimum atomic E-state index is -0.971. The molecule has 2 heterocycles. The predicted octanol–water partition coefficient (Wildman–Crippen LogP) is 8.18. The summed E-state index contributed by atoms with van der Waals surface area (Å²) in [6, 6.07) is 26.7. The van der Waals surface area contributed by atoms with Crippen LogP contribution in [0.3, 0.4) is 0 Å². The standard InChI is InChI=1S/C19H20O4.C18H18O4/c1-19(2,18(20)22-4)16-12-8-5-6-10-14(12)23-17-13(16)9-7-11-15(17)21-3;1-18(2,17(19)20)15-11-7-4-5-9-13(11)22-16-12(15)8-6-10-14(16)21-3/h5-11,16H,1-4H3;4-10,15H,1-3H3,(H,19,20). The highest BCUT2D eigenvalue weighted by Crippen LogP contribution is 2.55. The Hall–Kier alpha value is -4.98. The van der Waals surface area contributed by atoms with Crippen LogP contribution in [0.5, 0.6) is 34.5 Å². The minimum absolute atomic E-state index is 0.176. The van der Waals surface area contributed by atoms with Gasteiger partial charge in [-0.3, -0.25) is 9.59 Å². The van der Waals surface area contributed by atoms with E-state index in [1.54, 1.807) is 28.1 Å². The Bertz CT molecular complexity index is 1740. The maximum atomic E-state index is 12.4. The van der Waals surface area contributed by atoms with Gasteiger partial charge < -0.3 is 28.8 Å². The molecule has 0 amide bonds. The molecule has 0 saturated carbocycles. The van der Waals surface area contributed by atoms with Gasteiger partial charge in [0.15, 0.2) is 23.0 Å². The normalized spacial score (nSPS) is 16.1. The van der Waals surface area contributed by atoms with Crippen molar-refractivity contribution in [3.05, 3.63) is 107 Å². The van der Waals surface area contributed by atoms with E-state index >= 15 is 0 Å². The number of benzene rings is 4. The number of aliphatic carboxylic acids is 1. The first-order valence-corrected chi connectivity index (χ1v) is 14.7. The third-order valence-electron chi connectivity index (χ3n) is 8.67. The number of carbonyl (C=O) groups is 2. The van der Waals surface area contributed by atoms with Gasteiger partial charge in [-0.1, -0.05) is 60.7 Å². The van der Waals surface area contributed by atoms with E-state index in [9.17, 15) is 14.7 Å². The van der Waals surface area contributed by atoms with Crippen molar-refractivity contribution in [2.45, 2.75) is 39.5 Å². The number of methoxy groups -OCH3 is 3. The average Bonchev–Trinajstić information content (AvgIpc) is 3.04. The number of carbonyl (C=O) groups excluding carboxylic acids is 1. The van der Waals surface area contributed by atoms with E-state index in [2.05, 4.69) is 0 Å². The fourth-order valence-corrected chi connectivity index (χ4v) is 6.30. The largest absolute Gasteiger partial charge is 0.493 e. The zero-order valence-electron chi connectivity index (χ0n) is 26.5. The van der Waals surface area contributed by atoms with Crippen molar-refractivity contribution in [1.82, 2.24) is 0 Å². The molecule has 2 aliphatic rings. The summed E-state index contributed by atoms with van der Waals surface area (Å²) in [4.78, 5) is 24.2. The third kappa shape index (κ3) is 5.45. The van der Waals surface area contributed by atoms with Crippen LogP contribution in [0.1, 0.15) is 61.8 Å². The number of ether oxygens (including phenoxy) is 5. The second-order valence-electron chi connectivity index (χ2n) is 12.1. The lowest BCUT2D eigenvalue weighted by Crippen LogP contribution is -2.34. The molecule has 1 N–H and O–H groups in total. The van der Waals surface area contributed by atoms with Crippen LogP contribution in [0.15, 0.2) is 84.9 Å². The van der Waals surface area contributed by atoms with Crippen molar-refractivity contribution in [2.75, 3.05) is 21.3 Å². The van der Waals surface area contributed by atoms with Gasteiger partial charge in [-0.2, -0.15) is 0 Å². The highest BCUT2D eigenvalue weighted by molar-refractivity contribution is 5.80. The molecule has 234 valence electrons.